The number of hydrogen-bond acceptors (Lipinski definition) is 5. The van der Waals surface area contributed by atoms with Gasteiger partial charge in [-0.2, -0.15) is 4.98 Å². The van der Waals surface area contributed by atoms with Crippen molar-refractivity contribution >= 4 is 23.0 Å². The van der Waals surface area contributed by atoms with Gasteiger partial charge in [0, 0.05) is 0 Å². The summed E-state index contributed by atoms with van der Waals surface area (Å²) >= 11 is 1.33. The van der Waals surface area contributed by atoms with Crippen LogP contribution in [-0.4, -0.2) is 21.2 Å². The molecule has 2 rings (SSSR count). The number of nitrogens with one attached hydrogen (secondary N) is 1. The Morgan fingerprint density at radius 2 is 2.50 bits per heavy atom. The standard InChI is InChI=1S/C6H5N3O2S/c1-12-6-9-3-4(10)7-2-8-5(3)11-6/h2H,1H3,(H,7,8,10). The lowest BCUT2D eigenvalue weighted by molar-refractivity contribution is 0.482. The summed E-state index contributed by atoms with van der Waals surface area (Å²) in [4.78, 5) is 21.2. The summed E-state index contributed by atoms with van der Waals surface area (Å²) in [5.41, 5.74) is 0.258. The number of oxazole rings is 1. The average Bonchev–Trinajstić information content (AvgIpc) is 2.49. The van der Waals surface area contributed by atoms with Crippen molar-refractivity contribution in [2.45, 2.75) is 5.22 Å². The molecule has 0 saturated heterocycles. The van der Waals surface area contributed by atoms with E-state index >= 15 is 0 Å². The molecule has 0 atom stereocenters. The van der Waals surface area contributed by atoms with Gasteiger partial charge >= 0.3 is 0 Å². The third kappa shape index (κ3) is 1.00. The van der Waals surface area contributed by atoms with Gasteiger partial charge in [-0.1, -0.05) is 11.8 Å². The SMILES string of the molecule is CSc1nc2c(=O)[nH]cnc2o1. The summed E-state index contributed by atoms with van der Waals surface area (Å²) in [6, 6.07) is 0. The van der Waals surface area contributed by atoms with Crippen LogP contribution >= 0.6 is 11.8 Å². The molecule has 62 valence electrons. The molecule has 0 aliphatic carbocycles. The maximum Gasteiger partial charge on any atom is 0.280 e. The molecule has 0 saturated carbocycles. The molecule has 0 aliphatic rings. The zero-order chi connectivity index (χ0) is 8.55. The summed E-state index contributed by atoms with van der Waals surface area (Å²) in [6.07, 6.45) is 3.11. The first-order chi connectivity index (χ1) is 5.81. The monoisotopic (exact) mass is 183 g/mol. The van der Waals surface area contributed by atoms with Crippen molar-refractivity contribution in [2.75, 3.05) is 6.26 Å². The Balaban J connectivity index is 2.83. The van der Waals surface area contributed by atoms with E-state index in [1.165, 1.54) is 18.1 Å². The van der Waals surface area contributed by atoms with Crippen molar-refractivity contribution in [2.24, 2.45) is 0 Å². The van der Waals surface area contributed by atoms with E-state index in [0.29, 0.717) is 5.22 Å². The Kier molecular flexibility index (Phi) is 1.61. The van der Waals surface area contributed by atoms with Crippen LogP contribution in [0.3, 0.4) is 0 Å². The molecule has 0 amide bonds. The van der Waals surface area contributed by atoms with Gasteiger partial charge in [-0.15, -0.1) is 0 Å². The van der Waals surface area contributed by atoms with Gasteiger partial charge in [0.25, 0.3) is 16.5 Å². The van der Waals surface area contributed by atoms with Crippen LogP contribution in [-0.2, 0) is 0 Å². The highest BCUT2D eigenvalue weighted by Crippen LogP contribution is 2.16. The maximum atomic E-state index is 11.1. The van der Waals surface area contributed by atoms with E-state index in [9.17, 15) is 4.79 Å². The molecule has 0 aliphatic heterocycles. The number of thioether (sulfide) groups is 1. The number of fused-ring (bicyclic) bond motifs is 1. The van der Waals surface area contributed by atoms with Crippen LogP contribution in [0.5, 0.6) is 0 Å². The van der Waals surface area contributed by atoms with Gasteiger partial charge < -0.3 is 9.40 Å². The van der Waals surface area contributed by atoms with Crippen molar-refractivity contribution in [1.29, 1.82) is 0 Å². The Morgan fingerprint density at radius 1 is 1.67 bits per heavy atom. The molecule has 0 aromatic carbocycles. The molecule has 0 radical (unpaired) electrons. The zero-order valence-electron chi connectivity index (χ0n) is 6.20. The molecule has 2 heterocycles. The summed E-state index contributed by atoms with van der Waals surface area (Å²) in [7, 11) is 0. The van der Waals surface area contributed by atoms with Gasteiger partial charge in [-0.3, -0.25) is 4.79 Å². The minimum Gasteiger partial charge on any atom is -0.412 e. The molecular formula is C6H5N3O2S. The second kappa shape index (κ2) is 2.63. The average molecular weight is 183 g/mol. The molecule has 0 fully saturated rings. The summed E-state index contributed by atoms with van der Waals surface area (Å²) in [5.74, 6) is 0. The topological polar surface area (TPSA) is 71.8 Å². The molecule has 0 unspecified atom stereocenters. The van der Waals surface area contributed by atoms with E-state index in [1.807, 2.05) is 6.26 Å². The summed E-state index contributed by atoms with van der Waals surface area (Å²) in [6.45, 7) is 0. The van der Waals surface area contributed by atoms with Crippen LogP contribution < -0.4 is 5.56 Å². The number of H-pyrrole nitrogens is 1. The Morgan fingerprint density at radius 3 is 3.17 bits per heavy atom. The van der Waals surface area contributed by atoms with E-state index in [0.717, 1.165) is 0 Å². The first-order valence-electron chi connectivity index (χ1n) is 3.19. The Labute approximate surface area is 71.2 Å². The molecule has 12 heavy (non-hydrogen) atoms. The highest BCUT2D eigenvalue weighted by Gasteiger charge is 2.07. The van der Waals surface area contributed by atoms with Gasteiger partial charge in [-0.25, -0.2) is 4.98 Å². The lowest BCUT2D eigenvalue weighted by atomic mass is 10.6. The number of aromatic nitrogens is 3. The van der Waals surface area contributed by atoms with E-state index < -0.39 is 0 Å². The van der Waals surface area contributed by atoms with Crippen LogP contribution in [0.4, 0.5) is 0 Å². The van der Waals surface area contributed by atoms with Gasteiger partial charge in [0.15, 0.2) is 5.52 Å². The van der Waals surface area contributed by atoms with E-state index in [1.54, 1.807) is 0 Å². The minimum atomic E-state index is -0.274. The third-order valence-electron chi connectivity index (χ3n) is 1.36. The number of nitrogens with zero attached hydrogens (tertiary/aromatic N) is 2. The van der Waals surface area contributed by atoms with Crippen molar-refractivity contribution < 1.29 is 4.42 Å². The van der Waals surface area contributed by atoms with Gasteiger partial charge in [0.2, 0.25) is 0 Å². The molecule has 2 aromatic heterocycles. The highest BCUT2D eigenvalue weighted by atomic mass is 32.2. The van der Waals surface area contributed by atoms with Crippen LogP contribution in [0, 0.1) is 0 Å². The first-order valence-corrected chi connectivity index (χ1v) is 4.42. The summed E-state index contributed by atoms with van der Waals surface area (Å²) < 4.78 is 5.12. The summed E-state index contributed by atoms with van der Waals surface area (Å²) in [5, 5.41) is 0.453. The lowest BCUT2D eigenvalue weighted by Crippen LogP contribution is -2.05. The molecule has 6 heteroatoms. The number of hydrogen-bond donors (Lipinski definition) is 1. The van der Waals surface area contributed by atoms with Gasteiger partial charge in [-0.05, 0) is 6.26 Å². The van der Waals surface area contributed by atoms with Crippen molar-refractivity contribution in [1.82, 2.24) is 15.0 Å². The zero-order valence-corrected chi connectivity index (χ0v) is 7.01. The van der Waals surface area contributed by atoms with Gasteiger partial charge in [0.1, 0.15) is 0 Å². The first kappa shape index (κ1) is 7.35. The van der Waals surface area contributed by atoms with Crippen molar-refractivity contribution in [3.63, 3.8) is 0 Å². The normalized spacial score (nSPS) is 10.8. The van der Waals surface area contributed by atoms with E-state index in [4.69, 9.17) is 4.42 Å². The fraction of sp³-hybridized carbons (Fsp3) is 0.167. The molecule has 5 nitrogen and oxygen atoms in total. The predicted molar refractivity (Wildman–Crippen MR) is 44.2 cm³/mol. The third-order valence-corrected chi connectivity index (χ3v) is 1.88. The van der Waals surface area contributed by atoms with Crippen molar-refractivity contribution in [3.05, 3.63) is 16.7 Å². The molecule has 2 aromatic rings. The fourth-order valence-electron chi connectivity index (χ4n) is 0.834. The van der Waals surface area contributed by atoms with Crippen LogP contribution in [0.15, 0.2) is 20.8 Å². The van der Waals surface area contributed by atoms with Crippen LogP contribution in [0.2, 0.25) is 0 Å². The largest absolute Gasteiger partial charge is 0.412 e. The molecule has 1 N–H and O–H groups in total. The minimum absolute atomic E-state index is 0.252. The molecule has 0 bridgehead atoms. The van der Waals surface area contributed by atoms with E-state index in [2.05, 4.69) is 15.0 Å². The van der Waals surface area contributed by atoms with Crippen LogP contribution in [0.1, 0.15) is 0 Å². The quantitative estimate of drug-likeness (QED) is 0.656. The van der Waals surface area contributed by atoms with Crippen LogP contribution in [0.25, 0.3) is 11.2 Å². The van der Waals surface area contributed by atoms with E-state index in [-0.39, 0.29) is 16.8 Å². The van der Waals surface area contributed by atoms with Gasteiger partial charge in [0.05, 0.1) is 6.33 Å². The maximum absolute atomic E-state index is 11.1. The smallest absolute Gasteiger partial charge is 0.280 e. The Bertz CT molecular complexity index is 461. The molecular weight excluding hydrogens is 178 g/mol. The number of rotatable bonds is 1. The lowest BCUT2D eigenvalue weighted by Gasteiger charge is -1.80. The second-order valence-corrected chi connectivity index (χ2v) is 2.83. The predicted octanol–water partition coefficient (Wildman–Crippen LogP) is 0.633. The highest BCUT2D eigenvalue weighted by molar-refractivity contribution is 7.98. The number of aromatic amines is 1. The second-order valence-electron chi connectivity index (χ2n) is 2.07. The fourth-order valence-corrected chi connectivity index (χ4v) is 1.18. The molecule has 0 spiro atoms. The van der Waals surface area contributed by atoms with Crippen molar-refractivity contribution in [3.8, 4) is 0 Å². The Hall–Kier alpha value is -1.30.